The lowest BCUT2D eigenvalue weighted by molar-refractivity contribution is 0.0955. The van der Waals surface area contributed by atoms with Crippen molar-refractivity contribution in [3.8, 4) is 0 Å². The van der Waals surface area contributed by atoms with E-state index in [-0.39, 0.29) is 5.91 Å². The van der Waals surface area contributed by atoms with Crippen LogP contribution in [0.3, 0.4) is 0 Å². The van der Waals surface area contributed by atoms with Crippen LogP contribution >= 0.6 is 11.3 Å². The Morgan fingerprint density at radius 1 is 1.48 bits per heavy atom. The third-order valence-electron chi connectivity index (χ3n) is 4.19. The van der Waals surface area contributed by atoms with Crippen LogP contribution in [0.15, 0.2) is 24.1 Å². The van der Waals surface area contributed by atoms with E-state index in [1.54, 1.807) is 17.5 Å². The number of rotatable bonds is 5. The first-order valence-electron chi connectivity index (χ1n) is 7.60. The number of nitrogens with one attached hydrogen (secondary N) is 1. The standard InChI is InChI=1S/C16H21N3OS/c1-12(19-9-8-17-11-19)6-7-18-16(20)15-14-5-3-2-4-13(14)10-21-15/h8-12H,2-7H2,1H3,(H,18,20)/t12-/m0/s1. The molecule has 1 amide bonds. The van der Waals surface area contributed by atoms with E-state index in [2.05, 4.69) is 27.2 Å². The van der Waals surface area contributed by atoms with Crippen molar-refractivity contribution in [3.63, 3.8) is 0 Å². The number of carbonyl (C=O) groups is 1. The maximum absolute atomic E-state index is 12.3. The minimum atomic E-state index is 0.0981. The lowest BCUT2D eigenvalue weighted by atomic mass is 9.94. The number of hydrogen-bond acceptors (Lipinski definition) is 3. The van der Waals surface area contributed by atoms with Crippen molar-refractivity contribution in [2.45, 2.75) is 45.1 Å². The van der Waals surface area contributed by atoms with Crippen LogP contribution in [-0.4, -0.2) is 22.0 Å². The number of thiophene rings is 1. The Morgan fingerprint density at radius 2 is 2.33 bits per heavy atom. The Labute approximate surface area is 129 Å². The van der Waals surface area contributed by atoms with Crippen LogP contribution in [0.4, 0.5) is 0 Å². The molecule has 1 atom stereocenters. The van der Waals surface area contributed by atoms with E-state index in [0.29, 0.717) is 12.6 Å². The molecule has 0 radical (unpaired) electrons. The van der Waals surface area contributed by atoms with Crippen molar-refractivity contribution in [2.75, 3.05) is 6.54 Å². The average Bonchev–Trinajstić information content (AvgIpc) is 3.16. The first-order chi connectivity index (χ1) is 10.3. The first-order valence-corrected chi connectivity index (χ1v) is 8.48. The molecule has 112 valence electrons. The van der Waals surface area contributed by atoms with Gasteiger partial charge in [0.05, 0.1) is 11.2 Å². The zero-order chi connectivity index (χ0) is 14.7. The van der Waals surface area contributed by atoms with Crippen LogP contribution in [0.1, 0.15) is 53.0 Å². The summed E-state index contributed by atoms with van der Waals surface area (Å²) in [5.74, 6) is 0.0981. The van der Waals surface area contributed by atoms with Gasteiger partial charge in [-0.05, 0) is 55.5 Å². The zero-order valence-electron chi connectivity index (χ0n) is 12.3. The molecule has 2 aromatic heterocycles. The van der Waals surface area contributed by atoms with Gasteiger partial charge in [0.15, 0.2) is 0 Å². The largest absolute Gasteiger partial charge is 0.351 e. The average molecular weight is 303 g/mol. The van der Waals surface area contributed by atoms with Crippen molar-refractivity contribution < 1.29 is 4.79 Å². The van der Waals surface area contributed by atoms with Crippen LogP contribution < -0.4 is 5.32 Å². The normalized spacial score (nSPS) is 15.5. The number of imidazole rings is 1. The fourth-order valence-corrected chi connectivity index (χ4v) is 3.94. The Hall–Kier alpha value is -1.62. The lowest BCUT2D eigenvalue weighted by Gasteiger charge is -2.14. The molecule has 0 unspecified atom stereocenters. The van der Waals surface area contributed by atoms with E-state index in [1.165, 1.54) is 24.0 Å². The van der Waals surface area contributed by atoms with E-state index < -0.39 is 0 Å². The smallest absolute Gasteiger partial charge is 0.261 e. The minimum absolute atomic E-state index is 0.0981. The van der Waals surface area contributed by atoms with Crippen LogP contribution in [0.2, 0.25) is 0 Å². The summed E-state index contributed by atoms with van der Waals surface area (Å²) in [7, 11) is 0. The molecule has 0 saturated carbocycles. The predicted octanol–water partition coefficient (Wildman–Crippen LogP) is 3.20. The number of aryl methyl sites for hydroxylation is 1. The topological polar surface area (TPSA) is 46.9 Å². The van der Waals surface area contributed by atoms with Gasteiger partial charge in [-0.3, -0.25) is 4.79 Å². The summed E-state index contributed by atoms with van der Waals surface area (Å²) in [6.07, 6.45) is 11.1. The van der Waals surface area contributed by atoms with Gasteiger partial charge in [0, 0.05) is 25.0 Å². The van der Waals surface area contributed by atoms with Gasteiger partial charge in [-0.1, -0.05) is 0 Å². The molecular formula is C16H21N3OS. The number of carbonyl (C=O) groups excluding carboxylic acids is 1. The second kappa shape index (κ2) is 6.43. The molecule has 1 aliphatic carbocycles. The highest BCUT2D eigenvalue weighted by molar-refractivity contribution is 7.12. The van der Waals surface area contributed by atoms with Crippen LogP contribution in [0, 0.1) is 0 Å². The van der Waals surface area contributed by atoms with Gasteiger partial charge in [0.1, 0.15) is 0 Å². The van der Waals surface area contributed by atoms with E-state index in [1.807, 2.05) is 12.5 Å². The van der Waals surface area contributed by atoms with Crippen molar-refractivity contribution in [3.05, 3.63) is 40.1 Å². The Balaban J connectivity index is 1.54. The van der Waals surface area contributed by atoms with Crippen LogP contribution in [-0.2, 0) is 12.8 Å². The third kappa shape index (κ3) is 3.18. The Morgan fingerprint density at radius 3 is 3.14 bits per heavy atom. The molecule has 21 heavy (non-hydrogen) atoms. The molecular weight excluding hydrogens is 282 g/mol. The highest BCUT2D eigenvalue weighted by atomic mass is 32.1. The number of hydrogen-bond donors (Lipinski definition) is 1. The summed E-state index contributed by atoms with van der Waals surface area (Å²) in [6.45, 7) is 2.84. The summed E-state index contributed by atoms with van der Waals surface area (Å²) in [5, 5.41) is 5.23. The molecule has 0 fully saturated rings. The van der Waals surface area contributed by atoms with E-state index in [0.717, 1.165) is 24.1 Å². The van der Waals surface area contributed by atoms with Gasteiger partial charge in [-0.25, -0.2) is 4.98 Å². The summed E-state index contributed by atoms with van der Waals surface area (Å²) in [5.41, 5.74) is 2.69. The molecule has 1 aliphatic rings. The zero-order valence-corrected chi connectivity index (χ0v) is 13.2. The summed E-state index contributed by atoms with van der Waals surface area (Å²) >= 11 is 1.60. The molecule has 0 bridgehead atoms. The molecule has 2 aromatic rings. The van der Waals surface area contributed by atoms with Gasteiger partial charge < -0.3 is 9.88 Å². The fraction of sp³-hybridized carbons (Fsp3) is 0.500. The van der Waals surface area contributed by atoms with E-state index >= 15 is 0 Å². The van der Waals surface area contributed by atoms with Crippen LogP contribution in [0.5, 0.6) is 0 Å². The molecule has 1 N–H and O–H groups in total. The van der Waals surface area contributed by atoms with Gasteiger partial charge in [-0.2, -0.15) is 0 Å². The predicted molar refractivity (Wildman–Crippen MR) is 84.8 cm³/mol. The van der Waals surface area contributed by atoms with Gasteiger partial charge >= 0.3 is 0 Å². The van der Waals surface area contributed by atoms with Gasteiger partial charge in [-0.15, -0.1) is 11.3 Å². The molecule has 4 nitrogen and oxygen atoms in total. The minimum Gasteiger partial charge on any atom is -0.351 e. The highest BCUT2D eigenvalue weighted by Gasteiger charge is 2.20. The number of nitrogens with zero attached hydrogens (tertiary/aromatic N) is 2. The first kappa shape index (κ1) is 14.3. The van der Waals surface area contributed by atoms with Crippen LogP contribution in [0.25, 0.3) is 0 Å². The molecule has 0 spiro atoms. The SMILES string of the molecule is C[C@@H](CCNC(=O)c1scc2c1CCCC2)n1ccnc1. The number of aromatic nitrogens is 2. The molecule has 2 heterocycles. The van der Waals surface area contributed by atoms with Crippen molar-refractivity contribution in [1.82, 2.24) is 14.9 Å². The summed E-state index contributed by atoms with van der Waals surface area (Å²) in [4.78, 5) is 17.3. The monoisotopic (exact) mass is 303 g/mol. The fourth-order valence-electron chi connectivity index (χ4n) is 2.86. The summed E-state index contributed by atoms with van der Waals surface area (Å²) in [6, 6.07) is 0.352. The van der Waals surface area contributed by atoms with E-state index in [4.69, 9.17) is 0 Å². The molecule has 5 heteroatoms. The van der Waals surface area contributed by atoms with Gasteiger partial charge in [0.2, 0.25) is 0 Å². The van der Waals surface area contributed by atoms with Crippen molar-refractivity contribution >= 4 is 17.2 Å². The van der Waals surface area contributed by atoms with Gasteiger partial charge in [0.25, 0.3) is 5.91 Å². The Bertz CT molecular complexity index is 603. The number of amides is 1. The van der Waals surface area contributed by atoms with Crippen molar-refractivity contribution in [2.24, 2.45) is 0 Å². The lowest BCUT2D eigenvalue weighted by Crippen LogP contribution is -2.26. The maximum atomic E-state index is 12.3. The quantitative estimate of drug-likeness (QED) is 0.922. The molecule has 0 aliphatic heterocycles. The molecule has 3 rings (SSSR count). The Kier molecular flexibility index (Phi) is 4.39. The second-order valence-electron chi connectivity index (χ2n) is 5.68. The van der Waals surface area contributed by atoms with Crippen molar-refractivity contribution in [1.29, 1.82) is 0 Å². The maximum Gasteiger partial charge on any atom is 0.261 e. The highest BCUT2D eigenvalue weighted by Crippen LogP contribution is 2.29. The second-order valence-corrected chi connectivity index (χ2v) is 6.56. The number of fused-ring (bicyclic) bond motifs is 1. The molecule has 0 aromatic carbocycles. The third-order valence-corrected chi connectivity index (χ3v) is 5.26. The summed E-state index contributed by atoms with van der Waals surface area (Å²) < 4.78 is 2.07. The van der Waals surface area contributed by atoms with E-state index in [9.17, 15) is 4.79 Å². The molecule has 0 saturated heterocycles.